The van der Waals surface area contributed by atoms with Crippen LogP contribution in [-0.2, 0) is 34.7 Å². The van der Waals surface area contributed by atoms with E-state index >= 15 is 0 Å². The SMILES string of the molecule is C[C@@H]1OCC2(CCN(C(=O)OC(C)(C)C)CC2)C1=O.C[C@@H]1OCC2(CCN(C(=O)OC(C)(C)C)CC2)[C@@H]1N[S@](=O)C(C)(C)C. The highest BCUT2D eigenvalue weighted by Gasteiger charge is 2.51. The summed E-state index contributed by atoms with van der Waals surface area (Å²) in [6, 6.07) is 0.0355. The van der Waals surface area contributed by atoms with E-state index in [1.807, 2.05) is 69.2 Å². The number of hydrogen-bond donors (Lipinski definition) is 1. The molecule has 0 unspecified atom stereocenters. The van der Waals surface area contributed by atoms with Gasteiger partial charge in [-0.25, -0.2) is 18.5 Å². The smallest absolute Gasteiger partial charge is 0.410 e. The quantitative estimate of drug-likeness (QED) is 0.454. The molecule has 1 N–H and O–H groups in total. The van der Waals surface area contributed by atoms with Crippen LogP contribution < -0.4 is 4.72 Å². The topological polar surface area (TPSA) is 124 Å². The maximum Gasteiger partial charge on any atom is 0.410 e. The molecular weight excluding hydrogens is 586 g/mol. The van der Waals surface area contributed by atoms with Gasteiger partial charge >= 0.3 is 12.2 Å². The summed E-state index contributed by atoms with van der Waals surface area (Å²) in [6.07, 6.45) is 2.18. The van der Waals surface area contributed by atoms with Gasteiger partial charge in [0.05, 0.1) is 46.5 Å². The number of carbonyl (C=O) groups is 3. The highest BCUT2D eigenvalue weighted by Crippen LogP contribution is 2.43. The number of nitrogens with one attached hydrogen (secondary N) is 1. The van der Waals surface area contributed by atoms with Gasteiger partial charge in [-0.1, -0.05) is 0 Å². The zero-order chi connectivity index (χ0) is 33.3. The molecule has 4 aliphatic rings. The Morgan fingerprint density at radius 2 is 1.25 bits per heavy atom. The molecular formula is C32H57N3O8S. The Morgan fingerprint density at radius 3 is 1.64 bits per heavy atom. The van der Waals surface area contributed by atoms with Crippen LogP contribution in [0.2, 0.25) is 0 Å². The number of hydrogen-bond acceptors (Lipinski definition) is 8. The zero-order valence-corrected chi connectivity index (χ0v) is 29.7. The van der Waals surface area contributed by atoms with Gasteiger partial charge in [-0.3, -0.25) is 4.79 Å². The highest BCUT2D eigenvalue weighted by molar-refractivity contribution is 7.84. The number of amides is 2. The third kappa shape index (κ3) is 9.16. The van der Waals surface area contributed by atoms with Gasteiger partial charge in [-0.15, -0.1) is 0 Å². The van der Waals surface area contributed by atoms with Crippen molar-refractivity contribution in [2.45, 2.75) is 136 Å². The summed E-state index contributed by atoms with van der Waals surface area (Å²) in [7, 11) is -1.14. The van der Waals surface area contributed by atoms with Gasteiger partial charge < -0.3 is 28.7 Å². The molecule has 2 spiro atoms. The molecule has 0 aromatic heterocycles. The Bertz CT molecular complexity index is 1060. The number of carbonyl (C=O) groups excluding carboxylic acids is 3. The summed E-state index contributed by atoms with van der Waals surface area (Å²) in [6.45, 7) is 24.5. The van der Waals surface area contributed by atoms with E-state index in [1.165, 1.54) is 0 Å². The molecule has 0 aliphatic carbocycles. The van der Waals surface area contributed by atoms with Gasteiger partial charge in [0.25, 0.3) is 0 Å². The minimum atomic E-state index is -1.14. The van der Waals surface area contributed by atoms with Crippen LogP contribution in [-0.4, -0.2) is 106 Å². The van der Waals surface area contributed by atoms with E-state index in [2.05, 4.69) is 4.72 Å². The fourth-order valence-electron chi connectivity index (χ4n) is 6.11. The molecule has 2 amide bonds. The van der Waals surface area contributed by atoms with Crippen LogP contribution in [0.15, 0.2) is 0 Å². The monoisotopic (exact) mass is 643 g/mol. The first-order valence-corrected chi connectivity index (χ1v) is 17.1. The van der Waals surface area contributed by atoms with Crippen LogP contribution in [0.1, 0.15) is 102 Å². The molecule has 11 nitrogen and oxygen atoms in total. The molecule has 4 aliphatic heterocycles. The summed E-state index contributed by atoms with van der Waals surface area (Å²) in [4.78, 5) is 39.8. The minimum Gasteiger partial charge on any atom is -0.444 e. The molecule has 0 aromatic rings. The molecule has 4 rings (SSSR count). The second-order valence-corrected chi connectivity index (χ2v) is 17.9. The van der Waals surface area contributed by atoms with Crippen molar-refractivity contribution < 1.29 is 37.5 Å². The van der Waals surface area contributed by atoms with Crippen molar-refractivity contribution in [3.8, 4) is 0 Å². The van der Waals surface area contributed by atoms with Gasteiger partial charge in [-0.2, -0.15) is 0 Å². The first kappa shape index (κ1) is 36.7. The molecule has 4 fully saturated rings. The summed E-state index contributed by atoms with van der Waals surface area (Å²) in [5, 5.41) is 0. The third-order valence-electron chi connectivity index (χ3n) is 8.84. The van der Waals surface area contributed by atoms with Crippen LogP contribution in [0, 0.1) is 10.8 Å². The summed E-state index contributed by atoms with van der Waals surface area (Å²) >= 11 is 0. The first-order valence-electron chi connectivity index (χ1n) is 16.0. The molecule has 0 aromatic carbocycles. The van der Waals surface area contributed by atoms with E-state index in [1.54, 1.807) is 16.7 Å². The van der Waals surface area contributed by atoms with Crippen molar-refractivity contribution in [2.75, 3.05) is 39.4 Å². The molecule has 0 saturated carbocycles. The second kappa shape index (κ2) is 13.5. The van der Waals surface area contributed by atoms with Crippen molar-refractivity contribution in [3.05, 3.63) is 0 Å². The maximum absolute atomic E-state index is 12.6. The predicted molar refractivity (Wildman–Crippen MR) is 170 cm³/mol. The largest absolute Gasteiger partial charge is 0.444 e. The molecule has 4 atom stereocenters. The minimum absolute atomic E-state index is 0.0133. The number of ketones is 1. The standard InChI is InChI=1S/C18H34N2O4S.C14H23NO4/c1-13-14(19-25(22)17(5,6)7)18(12-23-13)8-10-20(11-9-18)15(21)24-16(2,3)4;1-10-11(16)14(9-18-10)5-7-15(8-6-14)12(17)19-13(2,3)4/h13-14,19H,8-12H2,1-7H3;10H,5-9H2,1-4H3/t13-,14+,25+;10-/m00/s1. The molecule has 4 heterocycles. The zero-order valence-electron chi connectivity index (χ0n) is 28.9. The molecule has 4 saturated heterocycles. The van der Waals surface area contributed by atoms with Gasteiger partial charge in [-0.05, 0) is 102 Å². The Morgan fingerprint density at radius 1 is 0.795 bits per heavy atom. The molecule has 0 bridgehead atoms. The van der Waals surface area contributed by atoms with Crippen LogP contribution in [0.4, 0.5) is 9.59 Å². The van der Waals surface area contributed by atoms with Crippen LogP contribution in [0.25, 0.3) is 0 Å². The van der Waals surface area contributed by atoms with Gasteiger partial charge in [0.2, 0.25) is 0 Å². The summed E-state index contributed by atoms with van der Waals surface area (Å²) in [5.74, 6) is 0.191. The van der Waals surface area contributed by atoms with Gasteiger partial charge in [0.15, 0.2) is 5.78 Å². The van der Waals surface area contributed by atoms with Crippen LogP contribution in [0.3, 0.4) is 0 Å². The maximum atomic E-state index is 12.6. The lowest BCUT2D eigenvalue weighted by molar-refractivity contribution is -0.129. The molecule has 44 heavy (non-hydrogen) atoms. The molecule has 0 radical (unpaired) electrons. The van der Waals surface area contributed by atoms with Crippen molar-refractivity contribution in [1.82, 2.24) is 14.5 Å². The summed E-state index contributed by atoms with van der Waals surface area (Å²) in [5.41, 5.74) is -1.39. The van der Waals surface area contributed by atoms with Crippen molar-refractivity contribution in [1.29, 1.82) is 0 Å². The summed E-state index contributed by atoms with van der Waals surface area (Å²) < 4.78 is 37.8. The van der Waals surface area contributed by atoms with Crippen molar-refractivity contribution in [3.63, 3.8) is 0 Å². The van der Waals surface area contributed by atoms with Crippen LogP contribution >= 0.6 is 0 Å². The number of Topliss-reactive ketones (excluding diaryl/α,β-unsaturated/α-hetero) is 1. The van der Waals surface area contributed by atoms with E-state index in [-0.39, 0.29) is 51.8 Å². The fourth-order valence-corrected chi connectivity index (χ4v) is 7.13. The third-order valence-corrected chi connectivity index (χ3v) is 10.4. The first-order chi connectivity index (χ1) is 20.1. The lowest BCUT2D eigenvalue weighted by atomic mass is 9.73. The number of likely N-dealkylation sites (tertiary alicyclic amines) is 2. The van der Waals surface area contributed by atoms with E-state index in [9.17, 15) is 18.6 Å². The van der Waals surface area contributed by atoms with Crippen molar-refractivity contribution >= 4 is 29.0 Å². The average molecular weight is 644 g/mol. The predicted octanol–water partition coefficient (Wildman–Crippen LogP) is 4.83. The van der Waals surface area contributed by atoms with Crippen molar-refractivity contribution in [2.24, 2.45) is 10.8 Å². The number of ether oxygens (including phenoxy) is 4. The Balaban J connectivity index is 0.000000249. The highest BCUT2D eigenvalue weighted by atomic mass is 32.2. The van der Waals surface area contributed by atoms with Gasteiger partial charge in [0.1, 0.15) is 17.3 Å². The number of rotatable bonds is 2. The van der Waals surface area contributed by atoms with E-state index in [0.717, 1.165) is 12.8 Å². The molecule has 12 heteroatoms. The Kier molecular flexibility index (Phi) is 11.3. The fraction of sp³-hybridized carbons (Fsp3) is 0.906. The number of nitrogens with zero attached hydrogens (tertiary/aromatic N) is 2. The lowest BCUT2D eigenvalue weighted by Gasteiger charge is -2.43. The Hall–Kier alpha value is -1.76. The van der Waals surface area contributed by atoms with E-state index in [4.69, 9.17) is 18.9 Å². The lowest BCUT2D eigenvalue weighted by Crippen LogP contribution is -2.55. The van der Waals surface area contributed by atoms with Crippen LogP contribution in [0.5, 0.6) is 0 Å². The van der Waals surface area contributed by atoms with Gasteiger partial charge in [0, 0.05) is 31.6 Å². The average Bonchev–Trinajstić information content (AvgIpc) is 3.34. The normalized spacial score (nSPS) is 27.6. The van der Waals surface area contributed by atoms with E-state index < -0.39 is 22.2 Å². The van der Waals surface area contributed by atoms with E-state index in [0.29, 0.717) is 52.2 Å². The Labute approximate surface area is 267 Å². The number of piperidine rings is 2. The second-order valence-electron chi connectivity index (χ2n) is 15.9. The molecule has 254 valence electrons.